The topological polar surface area (TPSA) is 51.0 Å². The van der Waals surface area contributed by atoms with Crippen molar-refractivity contribution in [3.63, 3.8) is 0 Å². The van der Waals surface area contributed by atoms with Crippen molar-refractivity contribution in [3.05, 3.63) is 34.6 Å². The van der Waals surface area contributed by atoms with Gasteiger partial charge in [0.1, 0.15) is 0 Å². The van der Waals surface area contributed by atoms with Crippen molar-refractivity contribution < 1.29 is 4.52 Å². The van der Waals surface area contributed by atoms with Crippen LogP contribution in [0.25, 0.3) is 11.5 Å². The molecule has 2 aromatic rings. The summed E-state index contributed by atoms with van der Waals surface area (Å²) in [4.78, 5) is 4.24. The summed E-state index contributed by atoms with van der Waals surface area (Å²) >= 11 is 3.37. The molecule has 0 fully saturated rings. The van der Waals surface area contributed by atoms with E-state index in [0.29, 0.717) is 18.3 Å². The molecule has 5 heteroatoms. The summed E-state index contributed by atoms with van der Waals surface area (Å²) in [7, 11) is 1.84. The fourth-order valence-electron chi connectivity index (χ4n) is 1.19. The van der Waals surface area contributed by atoms with Gasteiger partial charge in [-0.05, 0) is 31.3 Å². The van der Waals surface area contributed by atoms with Gasteiger partial charge >= 0.3 is 0 Å². The number of nitrogens with one attached hydrogen (secondary N) is 1. The largest absolute Gasteiger partial charge is 0.334 e. The summed E-state index contributed by atoms with van der Waals surface area (Å²) in [6, 6.07) is 7.75. The Morgan fingerprint density at radius 2 is 2.07 bits per heavy atom. The van der Waals surface area contributed by atoms with E-state index in [-0.39, 0.29) is 0 Å². The number of aromatic nitrogens is 2. The lowest BCUT2D eigenvalue weighted by atomic mass is 10.2. The second kappa shape index (κ2) is 4.55. The number of halogens is 1. The highest BCUT2D eigenvalue weighted by molar-refractivity contribution is 9.10. The summed E-state index contributed by atoms with van der Waals surface area (Å²) in [5.41, 5.74) is 0.924. The lowest BCUT2D eigenvalue weighted by molar-refractivity contribution is 0.420. The van der Waals surface area contributed by atoms with Crippen LogP contribution in [0.3, 0.4) is 0 Å². The molecule has 2 rings (SSSR count). The summed E-state index contributed by atoms with van der Waals surface area (Å²) < 4.78 is 6.16. The second-order valence-electron chi connectivity index (χ2n) is 3.05. The van der Waals surface area contributed by atoms with E-state index in [1.54, 1.807) is 0 Å². The maximum atomic E-state index is 5.13. The van der Waals surface area contributed by atoms with Crippen molar-refractivity contribution in [1.82, 2.24) is 15.5 Å². The fourth-order valence-corrected chi connectivity index (χ4v) is 1.46. The maximum Gasteiger partial charge on any atom is 0.257 e. The molecule has 0 aliphatic rings. The molecule has 0 radical (unpaired) electrons. The van der Waals surface area contributed by atoms with Crippen molar-refractivity contribution in [1.29, 1.82) is 0 Å². The molecule has 0 spiro atoms. The van der Waals surface area contributed by atoms with E-state index >= 15 is 0 Å². The first-order chi connectivity index (χ1) is 7.29. The molecule has 4 nitrogen and oxygen atoms in total. The van der Waals surface area contributed by atoms with Crippen LogP contribution in [0, 0.1) is 0 Å². The van der Waals surface area contributed by atoms with Crippen LogP contribution >= 0.6 is 15.9 Å². The molecule has 1 aromatic carbocycles. The Kier molecular flexibility index (Phi) is 3.13. The molecule has 1 aromatic heterocycles. The van der Waals surface area contributed by atoms with Gasteiger partial charge in [-0.1, -0.05) is 21.1 Å². The summed E-state index contributed by atoms with van der Waals surface area (Å²) in [5, 5.41) is 6.81. The van der Waals surface area contributed by atoms with Gasteiger partial charge in [0.15, 0.2) is 5.82 Å². The number of nitrogens with zero attached hydrogens (tertiary/aromatic N) is 2. The molecule has 0 atom stereocenters. The molecule has 1 N–H and O–H groups in total. The molecular formula is C10H10BrN3O. The third-order valence-electron chi connectivity index (χ3n) is 1.89. The number of benzene rings is 1. The van der Waals surface area contributed by atoms with Crippen molar-refractivity contribution in [3.8, 4) is 11.5 Å². The second-order valence-corrected chi connectivity index (χ2v) is 3.97. The third kappa shape index (κ3) is 2.43. The zero-order chi connectivity index (χ0) is 10.7. The van der Waals surface area contributed by atoms with Crippen LogP contribution in [-0.4, -0.2) is 17.2 Å². The van der Waals surface area contributed by atoms with Crippen molar-refractivity contribution in [2.75, 3.05) is 7.05 Å². The minimum absolute atomic E-state index is 0.549. The predicted octanol–water partition coefficient (Wildman–Crippen LogP) is 2.22. The highest BCUT2D eigenvalue weighted by Gasteiger charge is 2.07. The zero-order valence-corrected chi connectivity index (χ0v) is 9.78. The van der Waals surface area contributed by atoms with Crippen LogP contribution in [0.2, 0.25) is 0 Å². The Balaban J connectivity index is 2.25. The van der Waals surface area contributed by atoms with Gasteiger partial charge in [-0.25, -0.2) is 0 Å². The third-order valence-corrected chi connectivity index (χ3v) is 2.42. The summed E-state index contributed by atoms with van der Waals surface area (Å²) in [6.45, 7) is 0.611. The van der Waals surface area contributed by atoms with E-state index in [0.717, 1.165) is 10.0 Å². The molecule has 15 heavy (non-hydrogen) atoms. The smallest absolute Gasteiger partial charge is 0.257 e. The number of hydrogen-bond acceptors (Lipinski definition) is 4. The van der Waals surface area contributed by atoms with Gasteiger partial charge in [-0.2, -0.15) is 4.98 Å². The first-order valence-electron chi connectivity index (χ1n) is 4.52. The van der Waals surface area contributed by atoms with Crippen LogP contribution in [-0.2, 0) is 6.54 Å². The molecule has 0 bridgehead atoms. The summed E-state index contributed by atoms with van der Waals surface area (Å²) in [6.07, 6.45) is 0. The number of hydrogen-bond donors (Lipinski definition) is 1. The molecule has 0 unspecified atom stereocenters. The Labute approximate surface area is 95.8 Å². The molecule has 0 aliphatic heterocycles. The first kappa shape index (κ1) is 10.3. The van der Waals surface area contributed by atoms with Crippen molar-refractivity contribution in [2.45, 2.75) is 6.54 Å². The predicted molar refractivity (Wildman–Crippen MR) is 60.2 cm³/mol. The Hall–Kier alpha value is -1.20. The Morgan fingerprint density at radius 1 is 1.33 bits per heavy atom. The van der Waals surface area contributed by atoms with Gasteiger partial charge < -0.3 is 9.84 Å². The molecule has 78 valence electrons. The molecule has 0 amide bonds. The maximum absolute atomic E-state index is 5.13. The average Bonchev–Trinajstić information content (AvgIpc) is 2.68. The van der Waals surface area contributed by atoms with E-state index in [2.05, 4.69) is 31.4 Å². The van der Waals surface area contributed by atoms with Crippen LogP contribution in [0.15, 0.2) is 33.3 Å². The normalized spacial score (nSPS) is 10.5. The standard InChI is InChI=1S/C10H10BrN3O/c1-12-6-9-13-10(15-14-9)7-2-4-8(11)5-3-7/h2-5,12H,6H2,1H3. The van der Waals surface area contributed by atoms with E-state index in [4.69, 9.17) is 4.52 Å². The van der Waals surface area contributed by atoms with Crippen LogP contribution in [0.1, 0.15) is 5.82 Å². The van der Waals surface area contributed by atoms with Crippen LogP contribution in [0.4, 0.5) is 0 Å². The fraction of sp³-hybridized carbons (Fsp3) is 0.200. The highest BCUT2D eigenvalue weighted by atomic mass is 79.9. The van der Waals surface area contributed by atoms with Gasteiger partial charge in [0.2, 0.25) is 0 Å². The zero-order valence-electron chi connectivity index (χ0n) is 8.20. The monoisotopic (exact) mass is 267 g/mol. The van der Waals surface area contributed by atoms with Crippen LogP contribution in [0.5, 0.6) is 0 Å². The molecular weight excluding hydrogens is 258 g/mol. The number of rotatable bonds is 3. The van der Waals surface area contributed by atoms with E-state index in [1.807, 2.05) is 31.3 Å². The lowest BCUT2D eigenvalue weighted by Gasteiger charge is -1.93. The van der Waals surface area contributed by atoms with E-state index in [9.17, 15) is 0 Å². The lowest BCUT2D eigenvalue weighted by Crippen LogP contribution is -2.06. The van der Waals surface area contributed by atoms with Gasteiger partial charge in [-0.15, -0.1) is 0 Å². The minimum Gasteiger partial charge on any atom is -0.334 e. The van der Waals surface area contributed by atoms with Crippen molar-refractivity contribution in [2.24, 2.45) is 0 Å². The van der Waals surface area contributed by atoms with Gasteiger partial charge in [0, 0.05) is 10.0 Å². The summed E-state index contributed by atoms with van der Waals surface area (Å²) in [5.74, 6) is 1.21. The quantitative estimate of drug-likeness (QED) is 0.927. The Bertz CT molecular complexity index is 438. The minimum atomic E-state index is 0.549. The van der Waals surface area contributed by atoms with Gasteiger partial charge in [0.05, 0.1) is 6.54 Å². The SMILES string of the molecule is CNCc1noc(-c2ccc(Br)cc2)n1. The van der Waals surface area contributed by atoms with Gasteiger partial charge in [-0.3, -0.25) is 0 Å². The Morgan fingerprint density at radius 3 is 2.73 bits per heavy atom. The van der Waals surface area contributed by atoms with E-state index < -0.39 is 0 Å². The molecule has 0 saturated carbocycles. The molecule has 0 saturated heterocycles. The average molecular weight is 268 g/mol. The van der Waals surface area contributed by atoms with E-state index in [1.165, 1.54) is 0 Å². The first-order valence-corrected chi connectivity index (χ1v) is 5.32. The molecule has 1 heterocycles. The highest BCUT2D eigenvalue weighted by Crippen LogP contribution is 2.19. The van der Waals surface area contributed by atoms with Crippen molar-refractivity contribution >= 4 is 15.9 Å². The van der Waals surface area contributed by atoms with Gasteiger partial charge in [0.25, 0.3) is 5.89 Å². The van der Waals surface area contributed by atoms with Crippen LogP contribution < -0.4 is 5.32 Å². The molecule has 0 aliphatic carbocycles.